The average molecular weight is 1710 g/mol. The molecule has 8 aromatic rings. The second-order valence-corrected chi connectivity index (χ2v) is 68.5. The van der Waals surface area contributed by atoms with Crippen LogP contribution in [0.2, 0.25) is 66.5 Å². The average Bonchev–Trinajstić information content (AvgIpc) is 1.56. The fourth-order valence-corrected chi connectivity index (χ4v) is 65.0. The first kappa shape index (κ1) is 92.2. The molecule has 0 nitrogen and oxygen atoms in total. The summed E-state index contributed by atoms with van der Waals surface area (Å²) in [5.74, 6) is 0. The second kappa shape index (κ2) is 42.6. The van der Waals surface area contributed by atoms with Crippen LogP contribution in [-0.4, -0.2) is 32.3 Å². The summed E-state index contributed by atoms with van der Waals surface area (Å²) in [6.45, 7) is 65.3. The van der Waals surface area contributed by atoms with Crippen molar-refractivity contribution in [1.29, 1.82) is 0 Å². The number of rotatable bonds is 46. The van der Waals surface area contributed by atoms with E-state index >= 15 is 0 Å². The van der Waals surface area contributed by atoms with Crippen molar-refractivity contribution in [3.63, 3.8) is 0 Å². The largest absolute Gasteiger partial charge is 0.144 e. The number of benzene rings is 4. The molecule has 0 aliphatic carbocycles. The molecule has 0 spiro atoms. The van der Waals surface area contributed by atoms with Crippen LogP contribution in [0.1, 0.15) is 371 Å². The summed E-state index contributed by atoms with van der Waals surface area (Å²) in [5, 5.41) is 12.1. The van der Waals surface area contributed by atoms with Crippen LogP contribution in [0.25, 0.3) is 61.9 Å². The van der Waals surface area contributed by atoms with Crippen LogP contribution in [0.5, 0.6) is 0 Å². The molecule has 8 rings (SSSR count). The van der Waals surface area contributed by atoms with Crippen molar-refractivity contribution in [2.75, 3.05) is 0 Å². The summed E-state index contributed by atoms with van der Waals surface area (Å²) in [6, 6.07) is 21.1. The first-order chi connectivity index (χ1) is 50.3. The maximum absolute atomic E-state index is 4.05. The van der Waals surface area contributed by atoms with E-state index < -0.39 is 32.3 Å². The van der Waals surface area contributed by atoms with Gasteiger partial charge in [-0.15, -0.1) is 45.3 Å². The lowest BCUT2D eigenvalue weighted by Gasteiger charge is -2.42. The summed E-state index contributed by atoms with van der Waals surface area (Å²) in [7, 11) is -7.10. The summed E-state index contributed by atoms with van der Waals surface area (Å²) in [5.41, 5.74) is 11.9. The van der Waals surface area contributed by atoms with Crippen molar-refractivity contribution in [3.8, 4) is 0 Å². The molecule has 10 heteroatoms. The first-order valence-corrected chi connectivity index (χ1v) is 58.4. The molecule has 0 fully saturated rings. The zero-order valence-corrected chi connectivity index (χ0v) is 83.6. The van der Waals surface area contributed by atoms with Gasteiger partial charge in [0.1, 0.15) is 32.3 Å². The quantitative estimate of drug-likeness (QED) is 0.0263. The molecule has 0 radical (unpaired) electrons. The van der Waals surface area contributed by atoms with Gasteiger partial charge in [-0.25, -0.2) is 0 Å². The molecule has 0 aliphatic heterocycles. The van der Waals surface area contributed by atoms with Crippen molar-refractivity contribution in [2.45, 2.75) is 439 Å². The van der Waals surface area contributed by atoms with Crippen molar-refractivity contribution in [1.82, 2.24) is 0 Å². The van der Waals surface area contributed by atoms with E-state index in [1.54, 1.807) is 60.1 Å². The SMILES string of the molecule is CC(C)[Si](c1cc2c(Br)cc3c(cc(Br)c4cc([Si](C(C)C)(C(C)C)C(C)C)sc43)c2s1)(C(C)C)C(C)C.CCCCCCCCCCCCCCCCc1cc2c(cc(CCCCCCCCCCCCCCCC)c3cc([Si](C(C)C)(C(C)C)C(C)C)sc32)c2sc([Si](C(C)C)(C(C)C)C(C)C)cc12. The molecular weight excluding hydrogens is 1550 g/mol. The Kier molecular flexibility index (Phi) is 37.1. The Morgan fingerprint density at radius 2 is 0.387 bits per heavy atom. The molecule has 4 aromatic heterocycles. The molecule has 0 amide bonds. The number of aryl methyl sites for hydroxylation is 2. The van der Waals surface area contributed by atoms with Crippen LogP contribution in [0.3, 0.4) is 0 Å². The molecule has 0 atom stereocenters. The Hall–Kier alpha value is -0.932. The number of hydrogen-bond acceptors (Lipinski definition) is 4. The zero-order chi connectivity index (χ0) is 78.2. The second-order valence-electron chi connectivity index (χ2n) is 37.7. The van der Waals surface area contributed by atoms with E-state index in [1.165, 1.54) is 233 Å². The Labute approximate surface area is 690 Å². The van der Waals surface area contributed by atoms with E-state index in [0.717, 1.165) is 33.2 Å². The molecule has 0 saturated heterocycles. The Balaban J connectivity index is 0.000000346. The van der Waals surface area contributed by atoms with Gasteiger partial charge in [0.15, 0.2) is 0 Å². The normalized spacial score (nSPS) is 13.4. The molecule has 0 N–H and O–H groups in total. The van der Waals surface area contributed by atoms with Gasteiger partial charge in [-0.3, -0.25) is 0 Å². The van der Waals surface area contributed by atoms with Gasteiger partial charge in [-0.05, 0) is 181 Å². The topological polar surface area (TPSA) is 0 Å². The minimum Gasteiger partial charge on any atom is -0.144 e. The Morgan fingerprint density at radius 1 is 0.217 bits per heavy atom. The fourth-order valence-electron chi connectivity index (χ4n) is 22.9. The van der Waals surface area contributed by atoms with Crippen molar-refractivity contribution in [2.24, 2.45) is 0 Å². The van der Waals surface area contributed by atoms with Gasteiger partial charge in [0.25, 0.3) is 0 Å². The molecule has 0 bridgehead atoms. The lowest BCUT2D eigenvalue weighted by Crippen LogP contribution is -2.54. The highest BCUT2D eigenvalue weighted by Gasteiger charge is 2.50. The van der Waals surface area contributed by atoms with Gasteiger partial charge >= 0.3 is 0 Å². The molecule has 0 unspecified atom stereocenters. The summed E-state index contributed by atoms with van der Waals surface area (Å²) in [6.07, 6.45) is 42.3. The molecule has 4 aromatic carbocycles. The van der Waals surface area contributed by atoms with E-state index in [9.17, 15) is 0 Å². The summed E-state index contributed by atoms with van der Waals surface area (Å²) < 4.78 is 15.6. The number of hydrogen-bond donors (Lipinski definition) is 0. The van der Waals surface area contributed by atoms with Crippen LogP contribution in [0.4, 0.5) is 0 Å². The van der Waals surface area contributed by atoms with Gasteiger partial charge in [-0.2, -0.15) is 0 Å². The molecule has 4 heterocycles. The van der Waals surface area contributed by atoms with Crippen LogP contribution in [0, 0.1) is 0 Å². The van der Waals surface area contributed by atoms with Crippen LogP contribution >= 0.6 is 77.2 Å². The van der Waals surface area contributed by atoms with E-state index in [2.05, 4.69) is 306 Å². The highest BCUT2D eigenvalue weighted by atomic mass is 79.9. The van der Waals surface area contributed by atoms with E-state index in [-0.39, 0.29) is 0 Å². The standard InChI is InChI=1S/C64H112S2Si2.C32H46Br2S2Si2/c1-15-17-19-21-23-25-27-29-31-33-35-37-39-41-43-55-45-59-60(63-57(55)47-61(65-63)67(49(3)4,50(5)6)51(7)8)46-56(44-42-40-38-36-34-32-30-28-26-24-22-20-18-16-2)58-48-62(66-64(58)59)68(52(9)10,53(11)12)54(13)14;1-17(2)37(18(3)4,19(5)6)29-15-25-27(33)14-24-23(31(25)35-29)13-28(34)26-16-30(36-32(24)26)38(20(7)8,21(9)10)22(11)12/h45-54H,15-44H2,1-14H3;13-22H,1-12H3. The lowest BCUT2D eigenvalue weighted by molar-refractivity contribution is 0.535. The Morgan fingerprint density at radius 3 is 0.585 bits per heavy atom. The molecule has 0 saturated carbocycles. The monoisotopic (exact) mass is 1710 g/mol. The molecule has 106 heavy (non-hydrogen) atoms. The highest BCUT2D eigenvalue weighted by Crippen LogP contribution is 2.52. The van der Waals surface area contributed by atoms with Crippen molar-refractivity contribution >= 4 is 189 Å². The van der Waals surface area contributed by atoms with E-state index in [0.29, 0.717) is 33.2 Å². The van der Waals surface area contributed by atoms with Gasteiger partial charge in [-0.1, -0.05) is 379 Å². The first-order valence-electron chi connectivity index (χ1n) is 44.6. The Bertz CT molecular complexity index is 3610. The van der Waals surface area contributed by atoms with Gasteiger partial charge in [0.2, 0.25) is 0 Å². The molecular formula is C96H158Br2S4Si4. The van der Waals surface area contributed by atoms with E-state index in [1.807, 2.05) is 0 Å². The lowest BCUT2D eigenvalue weighted by atomic mass is 9.94. The van der Waals surface area contributed by atoms with Crippen molar-refractivity contribution in [3.05, 3.63) is 68.6 Å². The smallest absolute Gasteiger partial charge is 0.107 e. The minimum atomic E-state index is -1.82. The van der Waals surface area contributed by atoms with Crippen molar-refractivity contribution < 1.29 is 0 Å². The third kappa shape index (κ3) is 20.1. The minimum absolute atomic E-state index is 0.708. The van der Waals surface area contributed by atoms with Gasteiger partial charge in [0.05, 0.1) is 0 Å². The van der Waals surface area contributed by atoms with Gasteiger partial charge < -0.3 is 0 Å². The molecule has 596 valence electrons. The highest BCUT2D eigenvalue weighted by molar-refractivity contribution is 9.11. The van der Waals surface area contributed by atoms with E-state index in [4.69, 9.17) is 0 Å². The predicted octanol–water partition coefficient (Wildman–Crippen LogP) is 35.7. The molecule has 0 aliphatic rings. The van der Waals surface area contributed by atoms with Crippen LogP contribution in [0.15, 0.2) is 57.5 Å². The zero-order valence-electron chi connectivity index (χ0n) is 73.1. The maximum Gasteiger partial charge on any atom is 0.107 e. The van der Waals surface area contributed by atoms with Crippen LogP contribution < -0.4 is 18.0 Å². The maximum atomic E-state index is 4.05. The number of unbranched alkanes of at least 4 members (excludes halogenated alkanes) is 26. The number of thiophene rings is 4. The predicted molar refractivity (Wildman–Crippen MR) is 516 cm³/mol. The van der Waals surface area contributed by atoms with Gasteiger partial charge in [0, 0.05) is 60.1 Å². The summed E-state index contributed by atoms with van der Waals surface area (Å²) >= 11 is 16.8. The third-order valence-electron chi connectivity index (χ3n) is 27.6. The fraction of sp³-hybridized carbons (Fsp3) is 0.708. The number of fused-ring (bicyclic) bond motifs is 10. The number of halogens is 2. The summed E-state index contributed by atoms with van der Waals surface area (Å²) in [4.78, 5) is 0. The van der Waals surface area contributed by atoms with Crippen LogP contribution in [-0.2, 0) is 12.8 Å². The third-order valence-corrected chi connectivity index (χ3v) is 65.3.